The quantitative estimate of drug-likeness (QED) is 0.849. The van der Waals surface area contributed by atoms with E-state index in [1.165, 1.54) is 30.6 Å². The van der Waals surface area contributed by atoms with Gasteiger partial charge in [0.25, 0.3) is 10.0 Å². The highest BCUT2D eigenvalue weighted by atomic mass is 32.2. The van der Waals surface area contributed by atoms with Crippen LogP contribution >= 0.6 is 0 Å². The first kappa shape index (κ1) is 14.1. The zero-order valence-electron chi connectivity index (χ0n) is 10.8. The molecule has 0 aliphatic heterocycles. The summed E-state index contributed by atoms with van der Waals surface area (Å²) in [6.45, 7) is 1.72. The van der Waals surface area contributed by atoms with Gasteiger partial charge in [-0.1, -0.05) is 19.1 Å². The molecule has 0 bridgehead atoms. The fourth-order valence-electron chi connectivity index (χ4n) is 1.57. The average molecular weight is 291 g/mol. The maximum atomic E-state index is 12.2. The topological polar surface area (TPSA) is 89.0 Å². The van der Waals surface area contributed by atoms with Gasteiger partial charge in [0.15, 0.2) is 5.78 Å². The Hall–Kier alpha value is -2.28. The fourth-order valence-corrected chi connectivity index (χ4v) is 2.58. The van der Waals surface area contributed by atoms with E-state index in [-0.39, 0.29) is 16.6 Å². The molecule has 0 amide bonds. The number of nitrogens with one attached hydrogen (secondary N) is 1. The lowest BCUT2D eigenvalue weighted by atomic mass is 10.1. The number of nitrogens with zero attached hydrogens (tertiary/aromatic N) is 2. The Morgan fingerprint density at radius 3 is 2.55 bits per heavy atom. The van der Waals surface area contributed by atoms with Gasteiger partial charge in [0, 0.05) is 24.4 Å². The molecule has 0 saturated carbocycles. The molecule has 1 aromatic carbocycles. The molecule has 2 rings (SSSR count). The average Bonchev–Trinajstić information content (AvgIpc) is 2.47. The van der Waals surface area contributed by atoms with Gasteiger partial charge in [-0.2, -0.15) is 0 Å². The van der Waals surface area contributed by atoms with Crippen molar-refractivity contribution >= 4 is 21.8 Å². The summed E-state index contributed by atoms with van der Waals surface area (Å²) >= 11 is 0. The zero-order chi connectivity index (χ0) is 14.6. The largest absolute Gasteiger partial charge is 0.294 e. The molecule has 1 heterocycles. The number of Topliss-reactive ketones (excluding diaryl/α,β-unsaturated/α-hetero) is 1. The van der Waals surface area contributed by atoms with Crippen molar-refractivity contribution in [1.82, 2.24) is 9.97 Å². The summed E-state index contributed by atoms with van der Waals surface area (Å²) in [5.41, 5.74) is 0.365. The van der Waals surface area contributed by atoms with Crippen molar-refractivity contribution in [1.29, 1.82) is 0 Å². The molecule has 6 nitrogen and oxygen atoms in total. The lowest BCUT2D eigenvalue weighted by Crippen LogP contribution is -2.15. The molecule has 0 spiro atoms. The van der Waals surface area contributed by atoms with Gasteiger partial charge in [-0.3, -0.25) is 4.79 Å². The molecular formula is C13H13N3O3S. The summed E-state index contributed by atoms with van der Waals surface area (Å²) < 4.78 is 26.6. The Bertz CT molecular complexity index is 715. The number of carbonyl (C=O) groups is 1. The Balaban J connectivity index is 2.33. The van der Waals surface area contributed by atoms with E-state index in [1.54, 1.807) is 19.1 Å². The van der Waals surface area contributed by atoms with E-state index in [0.29, 0.717) is 12.0 Å². The molecule has 104 valence electrons. The second kappa shape index (κ2) is 5.79. The summed E-state index contributed by atoms with van der Waals surface area (Å²) in [6.07, 6.45) is 3.18. The van der Waals surface area contributed by atoms with Crippen molar-refractivity contribution < 1.29 is 13.2 Å². The maximum Gasteiger partial charge on any atom is 0.264 e. The number of carbonyl (C=O) groups excluding carboxylic acids is 1. The summed E-state index contributed by atoms with van der Waals surface area (Å²) in [4.78, 5) is 19.2. The van der Waals surface area contributed by atoms with Crippen LogP contribution in [0.25, 0.3) is 0 Å². The fraction of sp³-hybridized carbons (Fsp3) is 0.154. The third kappa shape index (κ3) is 3.18. The zero-order valence-corrected chi connectivity index (χ0v) is 11.6. The monoisotopic (exact) mass is 291 g/mol. The number of sulfonamides is 1. The number of ketones is 1. The van der Waals surface area contributed by atoms with Crippen LogP contribution < -0.4 is 4.72 Å². The van der Waals surface area contributed by atoms with Crippen LogP contribution in [0.3, 0.4) is 0 Å². The van der Waals surface area contributed by atoms with E-state index in [1.807, 2.05) is 0 Å². The van der Waals surface area contributed by atoms with Crippen LogP contribution in [0.4, 0.5) is 5.95 Å². The van der Waals surface area contributed by atoms with Gasteiger partial charge < -0.3 is 0 Å². The minimum Gasteiger partial charge on any atom is -0.294 e. The van der Waals surface area contributed by atoms with Crippen molar-refractivity contribution in [2.24, 2.45) is 0 Å². The van der Waals surface area contributed by atoms with E-state index in [4.69, 9.17) is 0 Å². The molecular weight excluding hydrogens is 278 g/mol. The maximum absolute atomic E-state index is 12.2. The molecule has 0 radical (unpaired) electrons. The van der Waals surface area contributed by atoms with Crippen LogP contribution in [0, 0.1) is 0 Å². The van der Waals surface area contributed by atoms with Gasteiger partial charge in [0.1, 0.15) is 0 Å². The van der Waals surface area contributed by atoms with Crippen molar-refractivity contribution in [2.45, 2.75) is 18.2 Å². The lowest BCUT2D eigenvalue weighted by Gasteiger charge is -2.07. The van der Waals surface area contributed by atoms with Crippen molar-refractivity contribution in [3.05, 3.63) is 48.3 Å². The van der Waals surface area contributed by atoms with Gasteiger partial charge in [-0.15, -0.1) is 0 Å². The Morgan fingerprint density at radius 1 is 1.20 bits per heavy atom. The van der Waals surface area contributed by atoms with Crippen LogP contribution in [0.1, 0.15) is 23.7 Å². The van der Waals surface area contributed by atoms with Crippen LogP contribution in [-0.2, 0) is 10.0 Å². The summed E-state index contributed by atoms with van der Waals surface area (Å²) in [5.74, 6) is -0.127. The normalized spacial score (nSPS) is 11.1. The number of hydrogen-bond donors (Lipinski definition) is 1. The summed E-state index contributed by atoms with van der Waals surface area (Å²) in [7, 11) is -3.80. The van der Waals surface area contributed by atoms with Gasteiger partial charge in [-0.05, 0) is 18.2 Å². The standard InChI is InChI=1S/C13H13N3O3S/c1-2-12(17)10-5-3-6-11(9-10)20(18,19)16-13-14-7-4-8-15-13/h3-9H,2H2,1H3,(H,14,15,16). The van der Waals surface area contributed by atoms with Crippen LogP contribution in [-0.4, -0.2) is 24.2 Å². The highest BCUT2D eigenvalue weighted by Gasteiger charge is 2.17. The molecule has 0 unspecified atom stereocenters. The van der Waals surface area contributed by atoms with Crippen molar-refractivity contribution in [2.75, 3.05) is 4.72 Å². The number of hydrogen-bond acceptors (Lipinski definition) is 5. The predicted octanol–water partition coefficient (Wildman–Crippen LogP) is 1.87. The third-order valence-electron chi connectivity index (χ3n) is 2.58. The second-order valence-corrected chi connectivity index (χ2v) is 5.66. The second-order valence-electron chi connectivity index (χ2n) is 3.98. The number of aromatic nitrogens is 2. The molecule has 0 aliphatic carbocycles. The summed E-state index contributed by atoms with van der Waals surface area (Å²) in [6, 6.07) is 7.46. The smallest absolute Gasteiger partial charge is 0.264 e. The van der Waals surface area contributed by atoms with Gasteiger partial charge in [-0.25, -0.2) is 23.1 Å². The first-order chi connectivity index (χ1) is 9.53. The number of rotatable bonds is 5. The summed E-state index contributed by atoms with van der Waals surface area (Å²) in [5, 5.41) is 0. The lowest BCUT2D eigenvalue weighted by molar-refractivity contribution is 0.0988. The SMILES string of the molecule is CCC(=O)c1cccc(S(=O)(=O)Nc2ncccn2)c1. The predicted molar refractivity (Wildman–Crippen MR) is 73.9 cm³/mol. The highest BCUT2D eigenvalue weighted by molar-refractivity contribution is 7.92. The minimum atomic E-state index is -3.80. The first-order valence-electron chi connectivity index (χ1n) is 5.96. The van der Waals surface area contributed by atoms with E-state index >= 15 is 0 Å². The molecule has 0 atom stereocenters. The Kier molecular flexibility index (Phi) is 4.09. The van der Waals surface area contributed by atoms with E-state index < -0.39 is 10.0 Å². The molecule has 0 fully saturated rings. The first-order valence-corrected chi connectivity index (χ1v) is 7.44. The van der Waals surface area contributed by atoms with E-state index in [9.17, 15) is 13.2 Å². The van der Waals surface area contributed by atoms with Gasteiger partial charge in [0.05, 0.1) is 4.90 Å². The Labute approximate surface area is 116 Å². The van der Waals surface area contributed by atoms with Gasteiger partial charge >= 0.3 is 0 Å². The van der Waals surface area contributed by atoms with Crippen molar-refractivity contribution in [3.8, 4) is 0 Å². The molecule has 20 heavy (non-hydrogen) atoms. The van der Waals surface area contributed by atoms with Crippen molar-refractivity contribution in [3.63, 3.8) is 0 Å². The molecule has 2 aromatic rings. The van der Waals surface area contributed by atoms with Crippen LogP contribution in [0.5, 0.6) is 0 Å². The molecule has 0 saturated heterocycles. The van der Waals surface area contributed by atoms with Crippen LogP contribution in [0.15, 0.2) is 47.6 Å². The number of anilines is 1. The Morgan fingerprint density at radius 2 is 1.90 bits per heavy atom. The van der Waals surface area contributed by atoms with Crippen LogP contribution in [0.2, 0.25) is 0 Å². The number of benzene rings is 1. The highest BCUT2D eigenvalue weighted by Crippen LogP contribution is 2.15. The molecule has 0 aliphatic rings. The minimum absolute atomic E-state index is 0.00394. The molecule has 7 heteroatoms. The van der Waals surface area contributed by atoms with E-state index in [2.05, 4.69) is 14.7 Å². The third-order valence-corrected chi connectivity index (χ3v) is 3.90. The molecule has 1 aromatic heterocycles. The van der Waals surface area contributed by atoms with Gasteiger partial charge in [0.2, 0.25) is 5.95 Å². The molecule has 1 N–H and O–H groups in total. The van der Waals surface area contributed by atoms with E-state index in [0.717, 1.165) is 0 Å².